The molecule has 2 atom stereocenters. The molecule has 1 nitrogen and oxygen atoms in total. The Bertz CT molecular complexity index is 156. The Morgan fingerprint density at radius 2 is 2.23 bits per heavy atom. The molecule has 1 heterocycles. The number of hydrogen-bond acceptors (Lipinski definition) is 1. The molecule has 0 aromatic heterocycles. The van der Waals surface area contributed by atoms with E-state index in [0.717, 1.165) is 0 Å². The van der Waals surface area contributed by atoms with Gasteiger partial charge in [-0.1, -0.05) is 22.9 Å². The second kappa shape index (κ2) is 4.79. The third-order valence-electron chi connectivity index (χ3n) is 2.80. The van der Waals surface area contributed by atoms with Gasteiger partial charge in [0.05, 0.1) is 11.7 Å². The van der Waals surface area contributed by atoms with Gasteiger partial charge in [-0.3, -0.25) is 0 Å². The van der Waals surface area contributed by atoms with Crippen molar-refractivity contribution >= 4 is 15.9 Å². The number of alkyl halides is 1. The molecule has 13 heavy (non-hydrogen) atoms. The summed E-state index contributed by atoms with van der Waals surface area (Å²) in [6.07, 6.45) is 6.66. The molecule has 0 radical (unpaired) electrons. The summed E-state index contributed by atoms with van der Waals surface area (Å²) in [5.74, 6) is 0. The van der Waals surface area contributed by atoms with Crippen molar-refractivity contribution in [2.75, 3.05) is 0 Å². The smallest absolute Gasteiger partial charge is 0.0631 e. The summed E-state index contributed by atoms with van der Waals surface area (Å²) in [7, 11) is 0. The van der Waals surface area contributed by atoms with E-state index in [9.17, 15) is 0 Å². The lowest BCUT2D eigenvalue weighted by atomic mass is 10.0. The first-order chi connectivity index (χ1) is 6.03. The van der Waals surface area contributed by atoms with E-state index in [4.69, 9.17) is 4.74 Å². The molecule has 1 aliphatic heterocycles. The van der Waals surface area contributed by atoms with Crippen molar-refractivity contribution in [1.29, 1.82) is 0 Å². The zero-order valence-electron chi connectivity index (χ0n) is 8.98. The molecule has 0 aromatic carbocycles. The van der Waals surface area contributed by atoms with E-state index in [0.29, 0.717) is 10.9 Å². The molecule has 0 aliphatic carbocycles. The Hall–Kier alpha value is 0.440. The molecule has 0 N–H and O–H groups in total. The van der Waals surface area contributed by atoms with Gasteiger partial charge >= 0.3 is 0 Å². The minimum Gasteiger partial charge on any atom is -0.372 e. The van der Waals surface area contributed by atoms with Crippen molar-refractivity contribution in [3.63, 3.8) is 0 Å². The Balaban J connectivity index is 2.17. The monoisotopic (exact) mass is 248 g/mol. The van der Waals surface area contributed by atoms with Crippen molar-refractivity contribution in [3.8, 4) is 0 Å². The third-order valence-corrected chi connectivity index (χ3v) is 3.90. The minimum absolute atomic E-state index is 0.138. The Labute approximate surface area is 90.4 Å². The number of hydrogen-bond donors (Lipinski definition) is 0. The summed E-state index contributed by atoms with van der Waals surface area (Å²) in [5, 5.41) is 0. The van der Waals surface area contributed by atoms with Crippen LogP contribution < -0.4 is 0 Å². The maximum absolute atomic E-state index is 5.92. The minimum atomic E-state index is 0.138. The van der Waals surface area contributed by atoms with E-state index in [1.807, 2.05) is 0 Å². The van der Waals surface area contributed by atoms with E-state index >= 15 is 0 Å². The summed E-state index contributed by atoms with van der Waals surface area (Å²) >= 11 is 3.66. The molecule has 1 rings (SSSR count). The summed E-state index contributed by atoms with van der Waals surface area (Å²) in [6.45, 7) is 6.61. The van der Waals surface area contributed by atoms with Crippen LogP contribution in [0, 0.1) is 0 Å². The second-order valence-corrected chi connectivity index (χ2v) is 5.92. The van der Waals surface area contributed by atoms with E-state index in [-0.39, 0.29) is 5.60 Å². The zero-order chi connectivity index (χ0) is 9.90. The molecule has 78 valence electrons. The van der Waals surface area contributed by atoms with Crippen molar-refractivity contribution in [1.82, 2.24) is 0 Å². The average molecular weight is 249 g/mol. The molecular formula is C11H21BrO. The quantitative estimate of drug-likeness (QED) is 0.686. The van der Waals surface area contributed by atoms with Crippen LogP contribution in [0.5, 0.6) is 0 Å². The van der Waals surface area contributed by atoms with Crippen LogP contribution >= 0.6 is 15.9 Å². The molecule has 0 bridgehead atoms. The van der Waals surface area contributed by atoms with Gasteiger partial charge in [-0.25, -0.2) is 0 Å². The van der Waals surface area contributed by atoms with E-state index < -0.39 is 0 Å². The molecule has 2 unspecified atom stereocenters. The fourth-order valence-corrected chi connectivity index (χ4v) is 2.12. The average Bonchev–Trinajstić information content (AvgIpc) is 2.41. The van der Waals surface area contributed by atoms with Gasteiger partial charge in [0.15, 0.2) is 0 Å². The standard InChI is InChI=1S/C11H21BrO/c1-4-9(12)5-6-10-7-8-11(2,3)13-10/h9-10H,4-8H2,1-3H3. The molecule has 0 spiro atoms. The number of ether oxygens (including phenoxy) is 1. The van der Waals surface area contributed by atoms with Gasteiger partial charge in [0, 0.05) is 4.83 Å². The lowest BCUT2D eigenvalue weighted by Crippen LogP contribution is -2.20. The first kappa shape index (κ1) is 11.5. The molecule has 1 fully saturated rings. The maximum Gasteiger partial charge on any atom is 0.0631 e. The van der Waals surface area contributed by atoms with Gasteiger partial charge in [-0.15, -0.1) is 0 Å². The fourth-order valence-electron chi connectivity index (χ4n) is 1.85. The fraction of sp³-hybridized carbons (Fsp3) is 1.00. The van der Waals surface area contributed by atoms with Gasteiger partial charge in [0.1, 0.15) is 0 Å². The number of halogens is 1. The van der Waals surface area contributed by atoms with Crippen molar-refractivity contribution in [2.45, 2.75) is 69.4 Å². The molecule has 2 heteroatoms. The van der Waals surface area contributed by atoms with Crippen molar-refractivity contribution in [3.05, 3.63) is 0 Å². The molecule has 1 saturated heterocycles. The van der Waals surface area contributed by atoms with Gasteiger partial charge in [-0.05, 0) is 46.0 Å². The summed E-state index contributed by atoms with van der Waals surface area (Å²) in [4.78, 5) is 0.680. The Morgan fingerprint density at radius 1 is 1.54 bits per heavy atom. The van der Waals surface area contributed by atoms with Crippen molar-refractivity contribution in [2.24, 2.45) is 0 Å². The highest BCUT2D eigenvalue weighted by Crippen LogP contribution is 2.32. The van der Waals surface area contributed by atoms with E-state index in [1.54, 1.807) is 0 Å². The molecule has 1 aliphatic rings. The first-order valence-electron chi connectivity index (χ1n) is 5.35. The lowest BCUT2D eigenvalue weighted by Gasteiger charge is -2.19. The van der Waals surface area contributed by atoms with Gasteiger partial charge in [-0.2, -0.15) is 0 Å². The van der Waals surface area contributed by atoms with Crippen LogP contribution in [0.3, 0.4) is 0 Å². The van der Waals surface area contributed by atoms with Crippen LogP contribution in [0.1, 0.15) is 52.9 Å². The third kappa shape index (κ3) is 3.99. The van der Waals surface area contributed by atoms with E-state index in [2.05, 4.69) is 36.7 Å². The van der Waals surface area contributed by atoms with Crippen LogP contribution in [-0.2, 0) is 4.74 Å². The predicted molar refractivity (Wildman–Crippen MR) is 60.4 cm³/mol. The highest BCUT2D eigenvalue weighted by atomic mass is 79.9. The highest BCUT2D eigenvalue weighted by Gasteiger charge is 2.31. The SMILES string of the molecule is CCC(Br)CCC1CCC(C)(C)O1. The zero-order valence-corrected chi connectivity index (χ0v) is 10.6. The molecule has 0 saturated carbocycles. The first-order valence-corrected chi connectivity index (χ1v) is 6.27. The normalized spacial score (nSPS) is 29.1. The Kier molecular flexibility index (Phi) is 4.24. The van der Waals surface area contributed by atoms with Gasteiger partial charge in [0.25, 0.3) is 0 Å². The molecule has 0 amide bonds. The van der Waals surface area contributed by atoms with E-state index in [1.165, 1.54) is 32.1 Å². The number of rotatable bonds is 4. The van der Waals surface area contributed by atoms with Crippen LogP contribution in [-0.4, -0.2) is 16.5 Å². The molecular weight excluding hydrogens is 228 g/mol. The molecule has 0 aromatic rings. The summed E-state index contributed by atoms with van der Waals surface area (Å²) < 4.78 is 5.92. The van der Waals surface area contributed by atoms with Crippen molar-refractivity contribution < 1.29 is 4.74 Å². The largest absolute Gasteiger partial charge is 0.372 e. The van der Waals surface area contributed by atoms with Gasteiger partial charge < -0.3 is 4.74 Å². The van der Waals surface area contributed by atoms with Gasteiger partial charge in [0.2, 0.25) is 0 Å². The van der Waals surface area contributed by atoms with Crippen LogP contribution in [0.15, 0.2) is 0 Å². The maximum atomic E-state index is 5.92. The van der Waals surface area contributed by atoms with Crippen LogP contribution in [0.4, 0.5) is 0 Å². The summed E-state index contributed by atoms with van der Waals surface area (Å²) in [6, 6.07) is 0. The second-order valence-electron chi connectivity index (χ2n) is 4.62. The van der Waals surface area contributed by atoms with Crippen LogP contribution in [0.25, 0.3) is 0 Å². The summed E-state index contributed by atoms with van der Waals surface area (Å²) in [5.41, 5.74) is 0.138. The predicted octanol–water partition coefficient (Wildman–Crippen LogP) is 3.90. The highest BCUT2D eigenvalue weighted by molar-refractivity contribution is 9.09. The topological polar surface area (TPSA) is 9.23 Å². The Morgan fingerprint density at radius 3 is 2.69 bits per heavy atom. The lowest BCUT2D eigenvalue weighted by molar-refractivity contribution is -0.0188. The van der Waals surface area contributed by atoms with Crippen LogP contribution in [0.2, 0.25) is 0 Å².